The Balaban J connectivity index is 1.71. The number of alkyl halides is 3. The maximum Gasteiger partial charge on any atom is 0.416 e. The van der Waals surface area contributed by atoms with Gasteiger partial charge in [0.2, 0.25) is 0 Å². The molecule has 0 aliphatic heterocycles. The second kappa shape index (κ2) is 5.76. The molecule has 2 aliphatic carbocycles. The summed E-state index contributed by atoms with van der Waals surface area (Å²) in [5.41, 5.74) is 2.87. The maximum atomic E-state index is 12.7. The Morgan fingerprint density at radius 2 is 1.69 bits per heavy atom. The van der Waals surface area contributed by atoms with Crippen molar-refractivity contribution in [3.05, 3.63) is 59.2 Å². The molecule has 4 rings (SSSR count). The number of rotatable bonds is 2. The van der Waals surface area contributed by atoms with E-state index >= 15 is 0 Å². The van der Waals surface area contributed by atoms with Gasteiger partial charge in [0.25, 0.3) is 0 Å². The highest BCUT2D eigenvalue weighted by molar-refractivity contribution is 5.68. The fraction of sp³-hybridized carbons (Fsp3) is 0.350. The molecule has 2 N–H and O–H groups in total. The van der Waals surface area contributed by atoms with Crippen molar-refractivity contribution in [3.63, 3.8) is 0 Å². The molecule has 1 fully saturated rings. The van der Waals surface area contributed by atoms with Gasteiger partial charge in [-0.3, -0.25) is 0 Å². The first kappa shape index (κ1) is 16.9. The lowest BCUT2D eigenvalue weighted by Crippen LogP contribution is -2.36. The fourth-order valence-electron chi connectivity index (χ4n) is 4.03. The van der Waals surface area contributed by atoms with E-state index in [9.17, 15) is 23.1 Å². The van der Waals surface area contributed by atoms with Gasteiger partial charge in [-0.25, -0.2) is 4.79 Å². The van der Waals surface area contributed by atoms with Crippen LogP contribution in [0.1, 0.15) is 42.0 Å². The normalized spacial score (nSPS) is 20.5. The maximum absolute atomic E-state index is 12.7. The quantitative estimate of drug-likeness (QED) is 0.752. The van der Waals surface area contributed by atoms with Crippen LogP contribution in [-0.2, 0) is 12.6 Å². The Bertz CT molecular complexity index is 854. The van der Waals surface area contributed by atoms with Gasteiger partial charge in [-0.05, 0) is 71.6 Å². The summed E-state index contributed by atoms with van der Waals surface area (Å²) < 4.78 is 38.2. The molecule has 2 aromatic carbocycles. The third-order valence-corrected chi connectivity index (χ3v) is 5.67. The lowest BCUT2D eigenvalue weighted by molar-refractivity contribution is -0.137. The number of carboxylic acid groups (broad SMARTS) is 1. The van der Waals surface area contributed by atoms with Crippen molar-refractivity contribution in [2.75, 3.05) is 0 Å². The molecule has 2 aromatic rings. The summed E-state index contributed by atoms with van der Waals surface area (Å²) in [5, 5.41) is 11.9. The predicted molar refractivity (Wildman–Crippen MR) is 90.8 cm³/mol. The SMILES string of the molecule is O=C(O)NC1c2cc(-c3ccc(C(F)(F)F)cc3)ccc2CCC12CC2. The molecule has 1 atom stereocenters. The molecule has 1 spiro atoms. The first-order chi connectivity index (χ1) is 12.3. The third-order valence-electron chi connectivity index (χ3n) is 5.67. The average molecular weight is 361 g/mol. The third kappa shape index (κ3) is 2.93. The summed E-state index contributed by atoms with van der Waals surface area (Å²) in [6.45, 7) is 0. The van der Waals surface area contributed by atoms with E-state index in [0.29, 0.717) is 5.56 Å². The van der Waals surface area contributed by atoms with E-state index in [1.54, 1.807) is 0 Å². The molecule has 26 heavy (non-hydrogen) atoms. The molecule has 1 saturated carbocycles. The van der Waals surface area contributed by atoms with Crippen molar-refractivity contribution in [1.82, 2.24) is 5.32 Å². The van der Waals surface area contributed by atoms with Gasteiger partial charge in [0.05, 0.1) is 11.6 Å². The van der Waals surface area contributed by atoms with E-state index in [4.69, 9.17) is 0 Å². The topological polar surface area (TPSA) is 49.3 Å². The van der Waals surface area contributed by atoms with E-state index < -0.39 is 17.8 Å². The lowest BCUT2D eigenvalue weighted by Gasteiger charge is -2.34. The Kier molecular flexibility index (Phi) is 3.75. The van der Waals surface area contributed by atoms with Gasteiger partial charge in [-0.15, -0.1) is 0 Å². The molecule has 0 bridgehead atoms. The number of hydrogen-bond donors (Lipinski definition) is 2. The van der Waals surface area contributed by atoms with Crippen LogP contribution in [0.15, 0.2) is 42.5 Å². The number of aryl methyl sites for hydroxylation is 1. The van der Waals surface area contributed by atoms with Gasteiger partial charge in [0.15, 0.2) is 0 Å². The molecule has 0 saturated heterocycles. The first-order valence-corrected chi connectivity index (χ1v) is 8.58. The molecule has 0 radical (unpaired) electrons. The van der Waals surface area contributed by atoms with Crippen LogP contribution in [0.3, 0.4) is 0 Å². The molecule has 1 amide bonds. The van der Waals surface area contributed by atoms with Gasteiger partial charge in [0.1, 0.15) is 0 Å². The van der Waals surface area contributed by atoms with Crippen LogP contribution in [-0.4, -0.2) is 11.2 Å². The Labute approximate surface area is 148 Å². The summed E-state index contributed by atoms with van der Waals surface area (Å²) in [4.78, 5) is 11.3. The minimum Gasteiger partial charge on any atom is -0.465 e. The monoisotopic (exact) mass is 361 g/mol. The van der Waals surface area contributed by atoms with Crippen molar-refractivity contribution < 1.29 is 23.1 Å². The minimum absolute atomic E-state index is 0.00412. The summed E-state index contributed by atoms with van der Waals surface area (Å²) in [6.07, 6.45) is -1.54. The number of amides is 1. The van der Waals surface area contributed by atoms with Crippen LogP contribution in [0, 0.1) is 5.41 Å². The fourth-order valence-corrected chi connectivity index (χ4v) is 4.03. The predicted octanol–water partition coefficient (Wildman–Crippen LogP) is 5.41. The van der Waals surface area contributed by atoms with Crippen molar-refractivity contribution >= 4 is 6.09 Å². The molecule has 136 valence electrons. The summed E-state index contributed by atoms with van der Waals surface area (Å²) >= 11 is 0. The second-order valence-electron chi connectivity index (χ2n) is 7.23. The highest BCUT2D eigenvalue weighted by atomic mass is 19.4. The van der Waals surface area contributed by atoms with E-state index in [0.717, 1.165) is 54.5 Å². The number of halogens is 3. The number of fused-ring (bicyclic) bond motifs is 1. The molecule has 6 heteroatoms. The van der Waals surface area contributed by atoms with Crippen molar-refractivity contribution in [3.8, 4) is 11.1 Å². The molecule has 1 unspecified atom stereocenters. The van der Waals surface area contributed by atoms with Crippen LogP contribution >= 0.6 is 0 Å². The van der Waals surface area contributed by atoms with E-state index in [1.807, 2.05) is 18.2 Å². The first-order valence-electron chi connectivity index (χ1n) is 8.58. The largest absolute Gasteiger partial charge is 0.465 e. The van der Waals surface area contributed by atoms with Crippen LogP contribution in [0.4, 0.5) is 18.0 Å². The Morgan fingerprint density at radius 3 is 2.27 bits per heavy atom. The molecule has 2 aliphatic rings. The number of hydrogen-bond acceptors (Lipinski definition) is 1. The number of carbonyl (C=O) groups is 1. The Morgan fingerprint density at radius 1 is 1.04 bits per heavy atom. The second-order valence-corrected chi connectivity index (χ2v) is 7.23. The van der Waals surface area contributed by atoms with E-state index in [1.165, 1.54) is 12.1 Å². The van der Waals surface area contributed by atoms with Crippen LogP contribution in [0.25, 0.3) is 11.1 Å². The summed E-state index contributed by atoms with van der Waals surface area (Å²) in [6, 6.07) is 10.6. The molecule has 3 nitrogen and oxygen atoms in total. The zero-order valence-electron chi connectivity index (χ0n) is 13.9. The van der Waals surface area contributed by atoms with Crippen molar-refractivity contribution in [1.29, 1.82) is 0 Å². The van der Waals surface area contributed by atoms with Crippen LogP contribution < -0.4 is 5.32 Å². The highest BCUT2D eigenvalue weighted by Crippen LogP contribution is 2.61. The summed E-state index contributed by atoms with van der Waals surface area (Å²) in [7, 11) is 0. The van der Waals surface area contributed by atoms with Gasteiger partial charge in [0, 0.05) is 0 Å². The van der Waals surface area contributed by atoms with Gasteiger partial charge < -0.3 is 10.4 Å². The minimum atomic E-state index is -4.36. The molecular formula is C20H18F3NO2. The van der Waals surface area contributed by atoms with E-state index in [2.05, 4.69) is 5.32 Å². The zero-order valence-corrected chi connectivity index (χ0v) is 13.9. The lowest BCUT2D eigenvalue weighted by atomic mass is 9.76. The van der Waals surface area contributed by atoms with Crippen molar-refractivity contribution in [2.45, 2.75) is 37.9 Å². The van der Waals surface area contributed by atoms with Gasteiger partial charge in [-0.2, -0.15) is 13.2 Å². The molecule has 0 aromatic heterocycles. The van der Waals surface area contributed by atoms with Gasteiger partial charge >= 0.3 is 12.3 Å². The number of nitrogens with one attached hydrogen (secondary N) is 1. The molecular weight excluding hydrogens is 343 g/mol. The molecule has 0 heterocycles. The van der Waals surface area contributed by atoms with Crippen LogP contribution in [0.2, 0.25) is 0 Å². The summed E-state index contributed by atoms with van der Waals surface area (Å²) in [5.74, 6) is 0. The zero-order chi connectivity index (χ0) is 18.5. The smallest absolute Gasteiger partial charge is 0.416 e. The van der Waals surface area contributed by atoms with Crippen molar-refractivity contribution in [2.24, 2.45) is 5.41 Å². The standard InChI is InChI=1S/C20H18F3NO2/c21-20(22,23)15-5-3-12(4-6-15)14-2-1-13-7-8-19(9-10-19)17(16(13)11-14)24-18(25)26/h1-6,11,17,24H,7-10H2,(H,25,26). The highest BCUT2D eigenvalue weighted by Gasteiger charge is 2.52. The van der Waals surface area contributed by atoms with Crippen LogP contribution in [0.5, 0.6) is 0 Å². The average Bonchev–Trinajstić information content (AvgIpc) is 3.37. The number of benzene rings is 2. The Hall–Kier alpha value is -2.50. The van der Waals surface area contributed by atoms with Gasteiger partial charge in [-0.1, -0.05) is 24.3 Å². The van der Waals surface area contributed by atoms with E-state index in [-0.39, 0.29) is 11.5 Å².